The molecular formula is C26H28N4O4S2. The van der Waals surface area contributed by atoms with Crippen molar-refractivity contribution in [2.45, 2.75) is 19.8 Å². The monoisotopic (exact) mass is 524 g/mol. The number of hydrogen-bond acceptors (Lipinski definition) is 8. The van der Waals surface area contributed by atoms with Crippen LogP contribution >= 0.6 is 24.0 Å². The molecule has 0 aliphatic carbocycles. The van der Waals surface area contributed by atoms with E-state index in [9.17, 15) is 9.59 Å². The van der Waals surface area contributed by atoms with Crippen molar-refractivity contribution in [3.05, 3.63) is 75.0 Å². The van der Waals surface area contributed by atoms with Crippen molar-refractivity contribution in [2.75, 3.05) is 38.7 Å². The van der Waals surface area contributed by atoms with Gasteiger partial charge in [-0.1, -0.05) is 42.2 Å². The molecule has 1 aliphatic heterocycles. The highest BCUT2D eigenvalue weighted by Crippen LogP contribution is 2.33. The van der Waals surface area contributed by atoms with E-state index in [1.165, 1.54) is 16.2 Å². The second kappa shape index (κ2) is 12.2. The molecule has 0 unspecified atom stereocenters. The van der Waals surface area contributed by atoms with Crippen LogP contribution in [0.4, 0.5) is 5.82 Å². The van der Waals surface area contributed by atoms with Crippen LogP contribution in [0.15, 0.2) is 58.4 Å². The Kier molecular flexibility index (Phi) is 8.74. The van der Waals surface area contributed by atoms with E-state index >= 15 is 0 Å². The van der Waals surface area contributed by atoms with Crippen molar-refractivity contribution in [3.63, 3.8) is 0 Å². The van der Waals surface area contributed by atoms with Crippen LogP contribution in [-0.2, 0) is 16.0 Å². The van der Waals surface area contributed by atoms with E-state index in [1.54, 1.807) is 36.4 Å². The molecule has 1 aromatic carbocycles. The van der Waals surface area contributed by atoms with Crippen molar-refractivity contribution in [2.24, 2.45) is 0 Å². The Morgan fingerprint density at radius 1 is 1.17 bits per heavy atom. The van der Waals surface area contributed by atoms with Gasteiger partial charge in [0.05, 0.1) is 17.6 Å². The maximum absolute atomic E-state index is 13.3. The third kappa shape index (κ3) is 5.95. The quantitative estimate of drug-likeness (QED) is 0.229. The Bertz CT molecular complexity index is 1340. The van der Waals surface area contributed by atoms with E-state index in [1.807, 2.05) is 37.3 Å². The van der Waals surface area contributed by atoms with Crippen molar-refractivity contribution in [1.29, 1.82) is 0 Å². The summed E-state index contributed by atoms with van der Waals surface area (Å²) >= 11 is 6.70. The molecule has 3 heterocycles. The van der Waals surface area contributed by atoms with Gasteiger partial charge in [-0.25, -0.2) is 4.98 Å². The number of anilines is 1. The van der Waals surface area contributed by atoms with Crippen molar-refractivity contribution < 1.29 is 14.3 Å². The number of benzene rings is 1. The van der Waals surface area contributed by atoms with Gasteiger partial charge < -0.3 is 14.8 Å². The molecule has 36 heavy (non-hydrogen) atoms. The van der Waals surface area contributed by atoms with Crippen LogP contribution in [0.5, 0.6) is 5.75 Å². The number of methoxy groups -OCH3 is 1. The summed E-state index contributed by atoms with van der Waals surface area (Å²) in [7, 11) is 1.63. The van der Waals surface area contributed by atoms with Gasteiger partial charge in [-0.3, -0.25) is 18.9 Å². The second-order valence-corrected chi connectivity index (χ2v) is 9.69. The highest BCUT2D eigenvalue weighted by atomic mass is 32.2. The van der Waals surface area contributed by atoms with Gasteiger partial charge in [0, 0.05) is 32.5 Å². The molecule has 0 radical (unpaired) electrons. The number of aromatic nitrogens is 2. The van der Waals surface area contributed by atoms with E-state index in [4.69, 9.17) is 21.7 Å². The van der Waals surface area contributed by atoms with Gasteiger partial charge in [-0.05, 0) is 55.7 Å². The number of nitrogens with one attached hydrogen (secondary N) is 1. The van der Waals surface area contributed by atoms with E-state index in [0.29, 0.717) is 59.0 Å². The standard InChI is InChI=1S/C26H28N4O4S2/c1-3-34-16-6-13-27-23-20(24(31)29-14-5-4-7-22(29)28-23)17-21-25(32)30(26(35)36-21)15-12-18-8-10-19(33-2)11-9-18/h4-5,7-11,14,17,27H,3,6,12-13,15-16H2,1-2H3. The molecule has 2 aromatic heterocycles. The maximum atomic E-state index is 13.3. The Morgan fingerprint density at radius 3 is 2.72 bits per heavy atom. The molecule has 1 aliphatic rings. The lowest BCUT2D eigenvalue weighted by atomic mass is 10.1. The number of rotatable bonds is 11. The van der Waals surface area contributed by atoms with Gasteiger partial charge in [-0.2, -0.15) is 0 Å². The minimum atomic E-state index is -0.253. The predicted octanol–water partition coefficient (Wildman–Crippen LogP) is 3.99. The Balaban J connectivity index is 1.56. The van der Waals surface area contributed by atoms with Gasteiger partial charge in [0.25, 0.3) is 11.5 Å². The summed E-state index contributed by atoms with van der Waals surface area (Å²) in [5.41, 5.74) is 1.67. The molecule has 0 atom stereocenters. The minimum Gasteiger partial charge on any atom is -0.497 e. The topological polar surface area (TPSA) is 85.2 Å². The molecule has 0 saturated carbocycles. The molecule has 1 N–H and O–H groups in total. The molecule has 0 bridgehead atoms. The number of nitrogens with zero attached hydrogens (tertiary/aromatic N) is 3. The van der Waals surface area contributed by atoms with Crippen LogP contribution in [-0.4, -0.2) is 57.9 Å². The average molecular weight is 525 g/mol. The first-order valence-electron chi connectivity index (χ1n) is 11.7. The molecule has 8 nitrogen and oxygen atoms in total. The SMILES string of the molecule is CCOCCCNc1nc2ccccn2c(=O)c1C=C1SC(=S)N(CCc2ccc(OC)cc2)C1=O. The van der Waals surface area contributed by atoms with Crippen molar-refractivity contribution >= 4 is 51.7 Å². The number of pyridine rings is 1. The molecule has 1 saturated heterocycles. The lowest BCUT2D eigenvalue weighted by Gasteiger charge is -2.14. The fourth-order valence-corrected chi connectivity index (χ4v) is 5.04. The Morgan fingerprint density at radius 2 is 1.97 bits per heavy atom. The van der Waals surface area contributed by atoms with Crippen molar-refractivity contribution in [3.8, 4) is 5.75 Å². The highest BCUT2D eigenvalue weighted by molar-refractivity contribution is 8.26. The number of amides is 1. The molecule has 4 rings (SSSR count). The van der Waals surface area contributed by atoms with Gasteiger partial charge >= 0.3 is 0 Å². The Labute approximate surface area is 219 Å². The minimum absolute atomic E-state index is 0.210. The summed E-state index contributed by atoms with van der Waals surface area (Å²) < 4.78 is 12.5. The third-order valence-electron chi connectivity index (χ3n) is 5.66. The van der Waals surface area contributed by atoms with Crippen LogP contribution in [0.1, 0.15) is 24.5 Å². The fraction of sp³-hybridized carbons (Fsp3) is 0.308. The number of thiocarbonyl (C=S) groups is 1. The van der Waals surface area contributed by atoms with Crippen molar-refractivity contribution in [1.82, 2.24) is 14.3 Å². The number of fused-ring (bicyclic) bond motifs is 1. The molecule has 1 fully saturated rings. The summed E-state index contributed by atoms with van der Waals surface area (Å²) in [6, 6.07) is 13.1. The highest BCUT2D eigenvalue weighted by Gasteiger charge is 2.32. The summed E-state index contributed by atoms with van der Waals surface area (Å²) in [5.74, 6) is 1.01. The lowest BCUT2D eigenvalue weighted by molar-refractivity contribution is -0.122. The third-order valence-corrected chi connectivity index (χ3v) is 7.04. The zero-order valence-electron chi connectivity index (χ0n) is 20.2. The number of carbonyl (C=O) groups excluding carboxylic acids is 1. The normalized spacial score (nSPS) is 14.7. The summed E-state index contributed by atoms with van der Waals surface area (Å²) in [6.45, 7) is 4.24. The van der Waals surface area contributed by atoms with Crippen LogP contribution in [0.25, 0.3) is 11.7 Å². The average Bonchev–Trinajstić information content (AvgIpc) is 3.16. The zero-order chi connectivity index (χ0) is 25.5. The zero-order valence-corrected chi connectivity index (χ0v) is 21.9. The molecule has 3 aromatic rings. The summed E-state index contributed by atoms with van der Waals surface area (Å²) in [4.78, 5) is 33.2. The predicted molar refractivity (Wildman–Crippen MR) is 148 cm³/mol. The van der Waals surface area contributed by atoms with Gasteiger partial charge in [0.15, 0.2) is 0 Å². The second-order valence-electron chi connectivity index (χ2n) is 8.02. The fourth-order valence-electron chi connectivity index (χ4n) is 3.75. The van der Waals surface area contributed by atoms with E-state index in [0.717, 1.165) is 17.7 Å². The van der Waals surface area contributed by atoms with Crippen LogP contribution in [0, 0.1) is 0 Å². The van der Waals surface area contributed by atoms with E-state index < -0.39 is 0 Å². The summed E-state index contributed by atoms with van der Waals surface area (Å²) in [5, 5.41) is 3.25. The largest absolute Gasteiger partial charge is 0.497 e. The first kappa shape index (κ1) is 25.9. The van der Waals surface area contributed by atoms with E-state index in [2.05, 4.69) is 10.3 Å². The van der Waals surface area contributed by atoms with Crippen LogP contribution in [0.2, 0.25) is 0 Å². The lowest BCUT2D eigenvalue weighted by Crippen LogP contribution is -2.30. The van der Waals surface area contributed by atoms with Gasteiger partial charge in [0.2, 0.25) is 0 Å². The number of thioether (sulfide) groups is 1. The first-order valence-corrected chi connectivity index (χ1v) is 13.0. The van der Waals surface area contributed by atoms with Crippen LogP contribution in [0.3, 0.4) is 0 Å². The first-order chi connectivity index (χ1) is 17.5. The molecule has 188 valence electrons. The molecule has 10 heteroatoms. The van der Waals surface area contributed by atoms with Gasteiger partial charge in [0.1, 0.15) is 21.5 Å². The smallest absolute Gasteiger partial charge is 0.267 e. The molecule has 1 amide bonds. The number of ether oxygens (including phenoxy) is 2. The maximum Gasteiger partial charge on any atom is 0.267 e. The van der Waals surface area contributed by atoms with E-state index in [-0.39, 0.29) is 11.5 Å². The molecule has 0 spiro atoms. The Hall–Kier alpha value is -3.21. The molecular weight excluding hydrogens is 496 g/mol. The number of carbonyl (C=O) groups is 1. The van der Waals surface area contributed by atoms with Gasteiger partial charge in [-0.15, -0.1) is 0 Å². The number of hydrogen-bond donors (Lipinski definition) is 1. The summed E-state index contributed by atoms with van der Waals surface area (Å²) in [6.07, 6.45) is 4.68. The van der Waals surface area contributed by atoms with Crippen LogP contribution < -0.4 is 15.6 Å².